The van der Waals surface area contributed by atoms with Crippen LogP contribution in [0.25, 0.3) is 21.9 Å². The van der Waals surface area contributed by atoms with Gasteiger partial charge in [0.15, 0.2) is 0 Å². The molecule has 132 valence electrons. The predicted octanol–water partition coefficient (Wildman–Crippen LogP) is 4.61. The average molecular weight is 347 g/mol. The van der Waals surface area contributed by atoms with Crippen LogP contribution in [0.3, 0.4) is 0 Å². The molecule has 0 bridgehead atoms. The summed E-state index contributed by atoms with van der Waals surface area (Å²) in [7, 11) is 0. The van der Waals surface area contributed by atoms with Crippen LogP contribution in [0.4, 0.5) is 5.69 Å². The minimum Gasteiger partial charge on any atom is -0.492 e. The second kappa shape index (κ2) is 7.50. The first-order valence-electron chi connectivity index (χ1n) is 8.82. The smallest absolute Gasteiger partial charge is 0.139 e. The maximum atomic E-state index is 9.14. The summed E-state index contributed by atoms with van der Waals surface area (Å²) in [6.07, 6.45) is 0.646. The van der Waals surface area contributed by atoms with Gasteiger partial charge in [-0.3, -0.25) is 0 Å². The maximum absolute atomic E-state index is 9.14. The Kier molecular flexibility index (Phi) is 4.75. The van der Waals surface area contributed by atoms with E-state index in [0.717, 1.165) is 38.9 Å². The molecule has 0 fully saturated rings. The van der Waals surface area contributed by atoms with Crippen LogP contribution in [0.5, 0.6) is 5.75 Å². The molecule has 0 aliphatic rings. The number of ether oxygens (including phenoxy) is 1. The van der Waals surface area contributed by atoms with E-state index < -0.39 is 0 Å². The number of para-hydroxylation sites is 2. The number of anilines is 1. The fourth-order valence-electron chi connectivity index (χ4n) is 3.18. The van der Waals surface area contributed by atoms with Gasteiger partial charge >= 0.3 is 0 Å². The first-order valence-corrected chi connectivity index (χ1v) is 8.82. The minimum atomic E-state index is 0.146. The zero-order valence-corrected chi connectivity index (χ0v) is 14.4. The zero-order chi connectivity index (χ0) is 17.8. The summed E-state index contributed by atoms with van der Waals surface area (Å²) in [5.74, 6) is 0.794. The van der Waals surface area contributed by atoms with Crippen molar-refractivity contribution in [3.63, 3.8) is 0 Å². The molecule has 0 atom stereocenters. The molecular formula is C22H21NO3. The molecule has 3 aromatic carbocycles. The van der Waals surface area contributed by atoms with Crippen molar-refractivity contribution < 1.29 is 14.3 Å². The molecule has 0 aliphatic carbocycles. The van der Waals surface area contributed by atoms with Gasteiger partial charge in [0.2, 0.25) is 0 Å². The molecule has 0 saturated heterocycles. The van der Waals surface area contributed by atoms with Crippen LogP contribution in [-0.2, 0) is 6.42 Å². The standard InChI is InChI=1S/C22H21NO3/c24-13-11-16-5-1-3-7-20(16)23-12-14-25-17-9-10-19-18-6-2-4-8-21(18)26-22(19)15-17/h1-10,15,23-24H,11-14H2. The quantitative estimate of drug-likeness (QED) is 0.479. The van der Waals surface area contributed by atoms with Crippen molar-refractivity contribution in [1.29, 1.82) is 0 Å². The molecule has 0 unspecified atom stereocenters. The van der Waals surface area contributed by atoms with Gasteiger partial charge in [0, 0.05) is 35.7 Å². The lowest BCUT2D eigenvalue weighted by Gasteiger charge is -2.12. The Labute approximate surface area is 152 Å². The second-order valence-corrected chi connectivity index (χ2v) is 6.16. The van der Waals surface area contributed by atoms with Crippen LogP contribution in [-0.4, -0.2) is 24.9 Å². The van der Waals surface area contributed by atoms with Crippen molar-refractivity contribution in [3.05, 3.63) is 72.3 Å². The van der Waals surface area contributed by atoms with Crippen LogP contribution in [0.15, 0.2) is 71.1 Å². The number of hydrogen-bond donors (Lipinski definition) is 2. The largest absolute Gasteiger partial charge is 0.492 e. The lowest BCUT2D eigenvalue weighted by molar-refractivity contribution is 0.299. The highest BCUT2D eigenvalue weighted by molar-refractivity contribution is 6.05. The lowest BCUT2D eigenvalue weighted by atomic mass is 10.1. The molecule has 4 heteroatoms. The van der Waals surface area contributed by atoms with E-state index >= 15 is 0 Å². The summed E-state index contributed by atoms with van der Waals surface area (Å²) in [6, 6.07) is 22.0. The second-order valence-electron chi connectivity index (χ2n) is 6.16. The van der Waals surface area contributed by atoms with E-state index in [4.69, 9.17) is 14.3 Å². The fraction of sp³-hybridized carbons (Fsp3) is 0.182. The summed E-state index contributed by atoms with van der Waals surface area (Å²) in [4.78, 5) is 0. The van der Waals surface area contributed by atoms with Gasteiger partial charge in [-0.05, 0) is 36.2 Å². The monoisotopic (exact) mass is 347 g/mol. The summed E-state index contributed by atoms with van der Waals surface area (Å²) >= 11 is 0. The third-order valence-corrected chi connectivity index (χ3v) is 4.43. The Morgan fingerprint density at radius 3 is 2.62 bits per heavy atom. The Hall–Kier alpha value is -2.98. The first-order chi connectivity index (χ1) is 12.8. The number of furan rings is 1. The number of benzene rings is 3. The molecule has 0 spiro atoms. The van der Waals surface area contributed by atoms with Gasteiger partial charge in [0.1, 0.15) is 23.5 Å². The maximum Gasteiger partial charge on any atom is 0.139 e. The van der Waals surface area contributed by atoms with Crippen LogP contribution in [0.1, 0.15) is 5.56 Å². The molecule has 4 rings (SSSR count). The van der Waals surface area contributed by atoms with E-state index in [9.17, 15) is 0 Å². The molecule has 26 heavy (non-hydrogen) atoms. The summed E-state index contributed by atoms with van der Waals surface area (Å²) in [6.45, 7) is 1.37. The van der Waals surface area contributed by atoms with Gasteiger partial charge in [0.05, 0.1) is 0 Å². The van der Waals surface area contributed by atoms with Crippen LogP contribution >= 0.6 is 0 Å². The van der Waals surface area contributed by atoms with Gasteiger partial charge in [-0.2, -0.15) is 0 Å². The fourth-order valence-corrected chi connectivity index (χ4v) is 3.18. The van der Waals surface area contributed by atoms with Crippen molar-refractivity contribution >= 4 is 27.6 Å². The van der Waals surface area contributed by atoms with Crippen molar-refractivity contribution in [2.24, 2.45) is 0 Å². The molecule has 4 aromatic rings. The van der Waals surface area contributed by atoms with Gasteiger partial charge in [-0.25, -0.2) is 0 Å². The predicted molar refractivity (Wildman–Crippen MR) is 105 cm³/mol. The normalized spacial score (nSPS) is 11.1. The van der Waals surface area contributed by atoms with Gasteiger partial charge in [0.25, 0.3) is 0 Å². The Balaban J connectivity index is 1.40. The van der Waals surface area contributed by atoms with Crippen LogP contribution < -0.4 is 10.1 Å². The van der Waals surface area contributed by atoms with E-state index in [-0.39, 0.29) is 6.61 Å². The third-order valence-electron chi connectivity index (χ3n) is 4.43. The number of aliphatic hydroxyl groups is 1. The van der Waals surface area contributed by atoms with Crippen molar-refractivity contribution in [3.8, 4) is 5.75 Å². The Morgan fingerprint density at radius 2 is 1.69 bits per heavy atom. The van der Waals surface area contributed by atoms with Crippen molar-refractivity contribution in [2.75, 3.05) is 25.1 Å². The molecular weight excluding hydrogens is 326 g/mol. The molecule has 0 radical (unpaired) electrons. The van der Waals surface area contributed by atoms with Gasteiger partial charge in [-0.1, -0.05) is 36.4 Å². The van der Waals surface area contributed by atoms with E-state index in [1.807, 2.05) is 60.7 Å². The molecule has 4 nitrogen and oxygen atoms in total. The summed E-state index contributed by atoms with van der Waals surface area (Å²) in [5, 5.41) is 14.7. The molecule has 0 amide bonds. The highest BCUT2D eigenvalue weighted by Gasteiger charge is 2.07. The zero-order valence-electron chi connectivity index (χ0n) is 14.4. The van der Waals surface area contributed by atoms with Crippen molar-refractivity contribution in [1.82, 2.24) is 0 Å². The Bertz CT molecular complexity index is 1020. The van der Waals surface area contributed by atoms with E-state index in [1.165, 1.54) is 0 Å². The van der Waals surface area contributed by atoms with Crippen LogP contribution in [0, 0.1) is 0 Å². The highest BCUT2D eigenvalue weighted by atomic mass is 16.5. The van der Waals surface area contributed by atoms with E-state index in [1.54, 1.807) is 0 Å². The Morgan fingerprint density at radius 1 is 0.885 bits per heavy atom. The topological polar surface area (TPSA) is 54.6 Å². The van der Waals surface area contributed by atoms with Crippen molar-refractivity contribution in [2.45, 2.75) is 6.42 Å². The summed E-state index contributed by atoms with van der Waals surface area (Å²) in [5.41, 5.74) is 3.88. The average Bonchev–Trinajstić information content (AvgIpc) is 3.04. The first kappa shape index (κ1) is 16.5. The number of aliphatic hydroxyl groups excluding tert-OH is 1. The number of fused-ring (bicyclic) bond motifs is 3. The molecule has 1 aromatic heterocycles. The van der Waals surface area contributed by atoms with E-state index in [2.05, 4.69) is 11.4 Å². The third kappa shape index (κ3) is 3.37. The minimum absolute atomic E-state index is 0.146. The molecule has 2 N–H and O–H groups in total. The SMILES string of the molecule is OCCc1ccccc1NCCOc1ccc2c(c1)oc1ccccc12. The number of hydrogen-bond acceptors (Lipinski definition) is 4. The van der Waals surface area contributed by atoms with Crippen LogP contribution in [0.2, 0.25) is 0 Å². The summed E-state index contributed by atoms with van der Waals surface area (Å²) < 4.78 is 11.8. The molecule has 0 saturated carbocycles. The number of nitrogens with one attached hydrogen (secondary N) is 1. The molecule has 0 aliphatic heterocycles. The van der Waals surface area contributed by atoms with Gasteiger partial charge < -0.3 is 19.6 Å². The lowest BCUT2D eigenvalue weighted by Crippen LogP contribution is -2.12. The van der Waals surface area contributed by atoms with E-state index in [0.29, 0.717) is 19.6 Å². The highest BCUT2D eigenvalue weighted by Crippen LogP contribution is 2.30. The molecule has 1 heterocycles. The number of rotatable bonds is 7. The van der Waals surface area contributed by atoms with Gasteiger partial charge in [-0.15, -0.1) is 0 Å².